The van der Waals surface area contributed by atoms with E-state index in [1.165, 1.54) is 12.1 Å². The molecule has 3 aromatic rings. The molecule has 3 aromatic carbocycles. The van der Waals surface area contributed by atoms with E-state index in [0.29, 0.717) is 70.7 Å². The van der Waals surface area contributed by atoms with Gasteiger partial charge in [0.05, 0.1) is 16.0 Å². The Morgan fingerprint density at radius 3 is 1.14 bits per heavy atom. The number of nitro benzene ring substituents is 2. The van der Waals surface area contributed by atoms with Crippen molar-refractivity contribution in [2.24, 2.45) is 0 Å². The third-order valence-corrected chi connectivity index (χ3v) is 9.91. The van der Waals surface area contributed by atoms with E-state index in [2.05, 4.69) is 4.89 Å². The Morgan fingerprint density at radius 2 is 0.865 bits per heavy atom. The molecule has 0 spiro atoms. The van der Waals surface area contributed by atoms with Crippen molar-refractivity contribution < 1.29 is 212 Å². The zero-order chi connectivity index (χ0) is 54.2. The SMILES string of the molecule is CC(C)(C)OC(=O)N1CCC(O)CC1.CC(C)(C)OC(=O)N1CCC(Oc2ccc(N)cc2)CC1.CC(C)(C)OC(=O)N1CCC(Oc2ccc([N+](=O)[O-])cc2)CC1.O=CO[O-].O=[N+]([O-])c1ccc(F)cc1.[Cs+].[Cs+].[H-]. The third-order valence-electron chi connectivity index (χ3n) is 9.91. The van der Waals surface area contributed by atoms with Crippen LogP contribution in [0.2, 0.25) is 0 Å². The fourth-order valence-corrected chi connectivity index (χ4v) is 6.48. The molecule has 74 heavy (non-hydrogen) atoms. The number of amides is 3. The number of nitrogens with two attached hydrogens (primary N) is 1. The summed E-state index contributed by atoms with van der Waals surface area (Å²) in [6, 6.07) is 17.8. The number of rotatable bonds is 7. The number of hydrogen-bond acceptors (Lipinski definition) is 17. The number of nitro groups is 2. The molecule has 22 nitrogen and oxygen atoms in total. The molecule has 25 heteroatoms. The smallest absolute Gasteiger partial charge is 1.00 e. The number of hydrogen-bond donors (Lipinski definition) is 2. The van der Waals surface area contributed by atoms with Gasteiger partial charge in [-0.25, -0.2) is 18.8 Å². The minimum Gasteiger partial charge on any atom is -1.00 e. The van der Waals surface area contributed by atoms with Crippen molar-refractivity contribution >= 4 is 41.8 Å². The van der Waals surface area contributed by atoms with E-state index in [1.807, 2.05) is 86.6 Å². The van der Waals surface area contributed by atoms with Gasteiger partial charge in [0, 0.05) is 94.9 Å². The van der Waals surface area contributed by atoms with Gasteiger partial charge in [-0.05, 0) is 124 Å². The van der Waals surface area contributed by atoms with Gasteiger partial charge in [0.1, 0.15) is 46.3 Å². The van der Waals surface area contributed by atoms with Crippen LogP contribution >= 0.6 is 0 Å². The molecule has 0 saturated carbocycles. The molecule has 0 bridgehead atoms. The Hall–Kier alpha value is -2.91. The standard InChI is InChI=1S/C16H22N2O5.C16H24N2O3.C10H19NO3.C6H4FNO2.CH2O3.2Cs.H/c1-16(2,3)23-15(19)17-10-8-14(9-11-17)22-13-6-4-12(5-7-13)18(20)21;1-16(2,3)21-15(19)18-10-8-14(9-11-18)20-13-6-4-12(17)5-7-13;1-10(2,3)14-9(13)11-6-4-8(12)5-7-11;7-5-1-3-6(4-2-5)8(9)10;2-1-4-3;;;/h4-7,14H,8-11H2,1-3H3;4-7,14H,8-11,17H2,1-3H3;8,12H,4-7H2,1-3H3;1-4H;1,3H;;;/q;;;;;2*+1;-1/p-1. The normalized spacial score (nSPS) is 14.9. The Balaban J connectivity index is 0. The average molecular weight is 1280 g/mol. The van der Waals surface area contributed by atoms with Crippen molar-refractivity contribution in [1.82, 2.24) is 14.7 Å². The van der Waals surface area contributed by atoms with Crippen LogP contribution < -0.4 is 158 Å². The number of halogens is 1. The van der Waals surface area contributed by atoms with E-state index in [0.717, 1.165) is 48.5 Å². The molecule has 3 fully saturated rings. The summed E-state index contributed by atoms with van der Waals surface area (Å²) in [4.78, 5) is 71.4. The van der Waals surface area contributed by atoms with Crippen LogP contribution in [0.1, 0.15) is 102 Å². The van der Waals surface area contributed by atoms with Gasteiger partial charge in [0.2, 0.25) is 0 Å². The first-order chi connectivity index (χ1) is 33.6. The van der Waals surface area contributed by atoms with E-state index in [9.17, 15) is 44.1 Å². The minimum atomic E-state index is -0.570. The summed E-state index contributed by atoms with van der Waals surface area (Å²) < 4.78 is 39.8. The number of aliphatic hydroxyl groups excluding tert-OH is 1. The second-order valence-corrected chi connectivity index (χ2v) is 19.5. The number of anilines is 1. The number of nitrogen functional groups attached to an aromatic ring is 1. The number of benzene rings is 3. The predicted octanol–water partition coefficient (Wildman–Crippen LogP) is 2.09. The van der Waals surface area contributed by atoms with Crippen molar-refractivity contribution in [2.75, 3.05) is 45.0 Å². The predicted molar refractivity (Wildman–Crippen MR) is 261 cm³/mol. The fourth-order valence-electron chi connectivity index (χ4n) is 6.48. The zero-order valence-electron chi connectivity index (χ0n) is 45.5. The first kappa shape index (κ1) is 71.1. The molecule has 0 unspecified atom stereocenters. The van der Waals surface area contributed by atoms with Crippen molar-refractivity contribution in [1.29, 1.82) is 0 Å². The molecule has 402 valence electrons. The Bertz CT molecular complexity index is 2140. The maximum absolute atomic E-state index is 12.1. The van der Waals surface area contributed by atoms with Crippen LogP contribution in [0.25, 0.3) is 0 Å². The van der Waals surface area contributed by atoms with E-state index in [1.54, 1.807) is 26.8 Å². The van der Waals surface area contributed by atoms with E-state index < -0.39 is 32.5 Å². The third kappa shape index (κ3) is 31.3. The van der Waals surface area contributed by atoms with Gasteiger partial charge in [0.25, 0.3) is 17.8 Å². The van der Waals surface area contributed by atoms with Gasteiger partial charge in [-0.1, -0.05) is 0 Å². The molecule has 3 aliphatic heterocycles. The number of non-ortho nitro benzene ring substituents is 2. The molecule has 3 heterocycles. The molecule has 3 aliphatic rings. The molecule has 3 saturated heterocycles. The average Bonchev–Trinajstić information content (AvgIpc) is 3.30. The van der Waals surface area contributed by atoms with Crippen molar-refractivity contribution in [3.8, 4) is 11.5 Å². The molecule has 0 aromatic heterocycles. The summed E-state index contributed by atoms with van der Waals surface area (Å²) in [6.45, 7) is 20.2. The topological polar surface area (TPSA) is 289 Å². The minimum absolute atomic E-state index is 0. The maximum atomic E-state index is 12.1. The number of carbonyl (C=O) groups excluding carboxylic acids is 4. The number of ether oxygens (including phenoxy) is 5. The van der Waals surface area contributed by atoms with Crippen LogP contribution in [0, 0.1) is 26.0 Å². The van der Waals surface area contributed by atoms with E-state index in [4.69, 9.17) is 39.5 Å². The summed E-state index contributed by atoms with van der Waals surface area (Å²) >= 11 is 0. The second kappa shape index (κ2) is 35.5. The summed E-state index contributed by atoms with van der Waals surface area (Å²) in [5, 5.41) is 38.3. The molecule has 3 amide bonds. The van der Waals surface area contributed by atoms with Crippen molar-refractivity contribution in [3.63, 3.8) is 0 Å². The first-order valence-electron chi connectivity index (χ1n) is 23.2. The maximum Gasteiger partial charge on any atom is 1.00 e. The monoisotopic (exact) mass is 1280 g/mol. The van der Waals surface area contributed by atoms with Crippen molar-refractivity contribution in [3.05, 3.63) is 98.8 Å². The quantitative estimate of drug-likeness (QED) is 0.0855. The van der Waals surface area contributed by atoms with Crippen LogP contribution in [-0.4, -0.2) is 129 Å². The van der Waals surface area contributed by atoms with Gasteiger partial charge >= 0.3 is 156 Å². The van der Waals surface area contributed by atoms with Gasteiger partial charge in [-0.15, -0.1) is 0 Å². The zero-order valence-corrected chi connectivity index (χ0v) is 57.0. The summed E-state index contributed by atoms with van der Waals surface area (Å²) in [5.41, 5.74) is 4.93. The van der Waals surface area contributed by atoms with Crippen LogP contribution in [-0.2, 0) is 23.9 Å². The van der Waals surface area contributed by atoms with Crippen LogP contribution in [0.4, 0.5) is 35.8 Å². The number of likely N-dealkylation sites (tertiary alicyclic amines) is 3. The second-order valence-electron chi connectivity index (χ2n) is 19.5. The molecule has 0 aliphatic carbocycles. The van der Waals surface area contributed by atoms with Crippen LogP contribution in [0.15, 0.2) is 72.8 Å². The van der Waals surface area contributed by atoms with Crippen LogP contribution in [0.3, 0.4) is 0 Å². The summed E-state index contributed by atoms with van der Waals surface area (Å²) in [6.07, 6.45) is 3.39. The van der Waals surface area contributed by atoms with Gasteiger partial charge in [-0.2, -0.15) is 0 Å². The van der Waals surface area contributed by atoms with Gasteiger partial charge in [-0.3, -0.25) is 25.0 Å². The van der Waals surface area contributed by atoms with Crippen molar-refractivity contribution in [2.45, 2.75) is 136 Å². The Kier molecular flexibility index (Phi) is 34.1. The number of nitrogens with zero attached hydrogens (tertiary/aromatic N) is 5. The largest absolute Gasteiger partial charge is 1.00 e. The fraction of sp³-hybridized carbons (Fsp3) is 0.551. The molecule has 0 atom stereocenters. The molecule has 0 radical (unpaired) electrons. The molecular weight excluding hydrogens is 1210 g/mol. The summed E-state index contributed by atoms with van der Waals surface area (Å²) in [5.74, 6) is 0.955. The summed E-state index contributed by atoms with van der Waals surface area (Å²) in [7, 11) is 0. The molecular formula is C49H71Cs2FN6O16. The molecule has 3 N–H and O–H groups in total. The first-order valence-corrected chi connectivity index (χ1v) is 23.2. The van der Waals surface area contributed by atoms with Crippen LogP contribution in [0.5, 0.6) is 11.5 Å². The Labute approximate surface area is 551 Å². The molecule has 6 rings (SSSR count). The van der Waals surface area contributed by atoms with E-state index >= 15 is 0 Å². The number of aliphatic hydroxyl groups is 1. The Morgan fingerprint density at radius 1 is 0.595 bits per heavy atom. The number of piperidine rings is 3. The number of carbonyl (C=O) groups is 4. The van der Waals surface area contributed by atoms with Gasteiger partial charge in [0.15, 0.2) is 0 Å². The van der Waals surface area contributed by atoms with E-state index in [-0.39, 0.29) is 194 Å². The van der Waals surface area contributed by atoms with Gasteiger partial charge < -0.3 is 60.8 Å².